The van der Waals surface area contributed by atoms with Gasteiger partial charge in [0.25, 0.3) is 0 Å². The van der Waals surface area contributed by atoms with Crippen molar-refractivity contribution in [2.24, 2.45) is 5.92 Å². The van der Waals surface area contributed by atoms with Crippen LogP contribution in [-0.4, -0.2) is 19.1 Å². The molecule has 1 aliphatic carbocycles. The van der Waals surface area contributed by atoms with Gasteiger partial charge in [-0.2, -0.15) is 0 Å². The maximum atomic E-state index is 13.0. The summed E-state index contributed by atoms with van der Waals surface area (Å²) in [4.78, 5) is 11.6. The minimum absolute atomic E-state index is 0.0274. The maximum Gasteiger partial charge on any atom is 0.226 e. The van der Waals surface area contributed by atoms with Crippen LogP contribution in [0.15, 0.2) is 18.2 Å². The molecule has 0 aromatic heterocycles. The summed E-state index contributed by atoms with van der Waals surface area (Å²) in [6.45, 7) is 1.14. The highest BCUT2D eigenvalue weighted by Crippen LogP contribution is 2.29. The van der Waals surface area contributed by atoms with E-state index in [2.05, 4.69) is 5.32 Å². The van der Waals surface area contributed by atoms with E-state index in [4.69, 9.17) is 10.5 Å². The van der Waals surface area contributed by atoms with Crippen molar-refractivity contribution in [1.82, 2.24) is 0 Å². The average molecular weight is 280 g/mol. The van der Waals surface area contributed by atoms with Gasteiger partial charge in [0.05, 0.1) is 18.7 Å². The number of nitrogen functional groups attached to an aromatic ring is 1. The number of carbonyl (C=O) groups excluding carboxylic acids is 1. The predicted octanol–water partition coefficient (Wildman–Crippen LogP) is 2.94. The number of hydrogen-bond acceptors (Lipinski definition) is 3. The van der Waals surface area contributed by atoms with Crippen LogP contribution in [0, 0.1) is 11.7 Å². The van der Waals surface area contributed by atoms with Gasteiger partial charge < -0.3 is 15.8 Å². The number of anilines is 2. The summed E-state index contributed by atoms with van der Waals surface area (Å²) in [6, 6.07) is 4.13. The van der Waals surface area contributed by atoms with E-state index >= 15 is 0 Å². The van der Waals surface area contributed by atoms with E-state index in [0.29, 0.717) is 18.7 Å². The van der Waals surface area contributed by atoms with Crippen molar-refractivity contribution in [2.45, 2.75) is 32.1 Å². The minimum Gasteiger partial charge on any atom is -0.396 e. The number of halogens is 1. The lowest BCUT2D eigenvalue weighted by Gasteiger charge is -2.24. The molecule has 2 rings (SSSR count). The van der Waals surface area contributed by atoms with Crippen molar-refractivity contribution in [3.63, 3.8) is 0 Å². The van der Waals surface area contributed by atoms with E-state index in [1.807, 2.05) is 0 Å². The number of hydrogen-bond donors (Lipinski definition) is 2. The van der Waals surface area contributed by atoms with Gasteiger partial charge in [-0.25, -0.2) is 4.39 Å². The summed E-state index contributed by atoms with van der Waals surface area (Å²) in [5.74, 6) is 0.188. The lowest BCUT2D eigenvalue weighted by molar-refractivity contribution is -0.117. The first-order valence-corrected chi connectivity index (χ1v) is 7.08. The van der Waals surface area contributed by atoms with Crippen molar-refractivity contribution in [2.75, 3.05) is 24.3 Å². The average Bonchev–Trinajstić information content (AvgIpc) is 2.36. The Labute approximate surface area is 118 Å². The van der Waals surface area contributed by atoms with Crippen LogP contribution >= 0.6 is 0 Å². The Morgan fingerprint density at radius 2 is 2.20 bits per heavy atom. The number of rotatable bonds is 7. The normalized spacial score (nSPS) is 14.8. The monoisotopic (exact) mass is 280 g/mol. The Kier molecular flexibility index (Phi) is 5.35. The van der Waals surface area contributed by atoms with Crippen molar-refractivity contribution in [1.29, 1.82) is 0 Å². The predicted molar refractivity (Wildman–Crippen MR) is 76.8 cm³/mol. The topological polar surface area (TPSA) is 64.3 Å². The van der Waals surface area contributed by atoms with Gasteiger partial charge in [0, 0.05) is 12.3 Å². The molecule has 1 aromatic carbocycles. The molecule has 0 radical (unpaired) electrons. The van der Waals surface area contributed by atoms with Crippen LogP contribution in [0.5, 0.6) is 0 Å². The summed E-state index contributed by atoms with van der Waals surface area (Å²) < 4.78 is 18.4. The van der Waals surface area contributed by atoms with Crippen molar-refractivity contribution in [3.8, 4) is 0 Å². The number of nitrogens with one attached hydrogen (secondary N) is 1. The standard InChI is InChI=1S/C15H21FN2O2/c16-13-5-4-12(10-14(13)17)18-15(19)7-9-20-8-6-11-2-1-3-11/h4-5,10-11H,1-3,6-9,17H2,(H,18,19). The SMILES string of the molecule is Nc1cc(NC(=O)CCOCCC2CCC2)ccc1F. The number of carbonyl (C=O) groups is 1. The summed E-state index contributed by atoms with van der Waals surface area (Å²) >= 11 is 0. The van der Waals surface area contributed by atoms with Gasteiger partial charge in [-0.05, 0) is 30.5 Å². The summed E-state index contributed by atoms with van der Waals surface area (Å²) in [5.41, 5.74) is 5.96. The molecule has 0 aliphatic heterocycles. The first kappa shape index (κ1) is 14.8. The van der Waals surface area contributed by atoms with E-state index < -0.39 is 5.82 Å². The van der Waals surface area contributed by atoms with Crippen molar-refractivity contribution >= 4 is 17.3 Å². The molecule has 110 valence electrons. The van der Waals surface area contributed by atoms with E-state index in [1.54, 1.807) is 0 Å². The second kappa shape index (κ2) is 7.24. The number of nitrogens with two attached hydrogens (primary N) is 1. The lowest BCUT2D eigenvalue weighted by Crippen LogP contribution is -2.16. The molecule has 0 atom stereocenters. The molecule has 0 unspecified atom stereocenters. The van der Waals surface area contributed by atoms with Gasteiger partial charge in [0.2, 0.25) is 5.91 Å². The Morgan fingerprint density at radius 1 is 1.40 bits per heavy atom. The maximum absolute atomic E-state index is 13.0. The van der Waals surface area contributed by atoms with Crippen molar-refractivity contribution < 1.29 is 13.9 Å². The molecular weight excluding hydrogens is 259 g/mol. The van der Waals surface area contributed by atoms with Gasteiger partial charge in [-0.15, -0.1) is 0 Å². The molecule has 1 aliphatic rings. The Balaban J connectivity index is 1.60. The first-order valence-electron chi connectivity index (χ1n) is 7.08. The zero-order valence-electron chi connectivity index (χ0n) is 11.5. The third kappa shape index (κ3) is 4.49. The highest BCUT2D eigenvalue weighted by Gasteiger charge is 2.16. The highest BCUT2D eigenvalue weighted by molar-refractivity contribution is 5.91. The van der Waals surface area contributed by atoms with Crippen LogP contribution in [0.4, 0.5) is 15.8 Å². The molecule has 0 heterocycles. The van der Waals surface area contributed by atoms with E-state index in [0.717, 1.165) is 18.9 Å². The fourth-order valence-corrected chi connectivity index (χ4v) is 2.14. The number of amides is 1. The Hall–Kier alpha value is -1.62. The second-order valence-corrected chi connectivity index (χ2v) is 5.23. The van der Waals surface area contributed by atoms with Gasteiger partial charge in [-0.1, -0.05) is 19.3 Å². The van der Waals surface area contributed by atoms with Crippen LogP contribution in [-0.2, 0) is 9.53 Å². The minimum atomic E-state index is -0.484. The van der Waals surface area contributed by atoms with Crippen LogP contribution in [0.3, 0.4) is 0 Å². The molecule has 3 N–H and O–H groups in total. The van der Waals surface area contributed by atoms with E-state index in [1.165, 1.54) is 37.5 Å². The fraction of sp³-hybridized carbons (Fsp3) is 0.533. The summed E-state index contributed by atoms with van der Waals surface area (Å²) in [6.07, 6.45) is 5.36. The fourth-order valence-electron chi connectivity index (χ4n) is 2.14. The summed E-state index contributed by atoms with van der Waals surface area (Å²) in [7, 11) is 0. The third-order valence-corrected chi connectivity index (χ3v) is 3.65. The highest BCUT2D eigenvalue weighted by atomic mass is 19.1. The van der Waals surface area contributed by atoms with Crippen LogP contribution in [0.1, 0.15) is 32.1 Å². The second-order valence-electron chi connectivity index (χ2n) is 5.23. The van der Waals surface area contributed by atoms with Crippen molar-refractivity contribution in [3.05, 3.63) is 24.0 Å². The quantitative estimate of drug-likeness (QED) is 0.596. The Morgan fingerprint density at radius 3 is 2.85 bits per heavy atom. The van der Waals surface area contributed by atoms with E-state index in [9.17, 15) is 9.18 Å². The largest absolute Gasteiger partial charge is 0.396 e. The lowest BCUT2D eigenvalue weighted by atomic mass is 9.83. The van der Waals surface area contributed by atoms with Crippen LogP contribution in [0.25, 0.3) is 0 Å². The van der Waals surface area contributed by atoms with Crippen LogP contribution in [0.2, 0.25) is 0 Å². The third-order valence-electron chi connectivity index (χ3n) is 3.65. The van der Waals surface area contributed by atoms with Gasteiger partial charge in [-0.3, -0.25) is 4.79 Å². The van der Waals surface area contributed by atoms with Gasteiger partial charge in [0.15, 0.2) is 0 Å². The van der Waals surface area contributed by atoms with E-state index in [-0.39, 0.29) is 11.6 Å². The molecule has 0 spiro atoms. The molecular formula is C15H21FN2O2. The first-order chi connectivity index (χ1) is 9.65. The molecule has 1 fully saturated rings. The molecule has 20 heavy (non-hydrogen) atoms. The molecule has 1 saturated carbocycles. The molecule has 1 amide bonds. The molecule has 4 nitrogen and oxygen atoms in total. The molecule has 5 heteroatoms. The molecule has 0 bridgehead atoms. The van der Waals surface area contributed by atoms with Gasteiger partial charge in [0.1, 0.15) is 5.82 Å². The van der Waals surface area contributed by atoms with Gasteiger partial charge >= 0.3 is 0 Å². The number of ether oxygens (including phenoxy) is 1. The Bertz CT molecular complexity index is 461. The molecule has 0 saturated heterocycles. The zero-order chi connectivity index (χ0) is 14.4. The number of benzene rings is 1. The van der Waals surface area contributed by atoms with Crippen LogP contribution < -0.4 is 11.1 Å². The summed E-state index contributed by atoms with van der Waals surface area (Å²) in [5, 5.41) is 2.67. The zero-order valence-corrected chi connectivity index (χ0v) is 11.5. The smallest absolute Gasteiger partial charge is 0.226 e. The molecule has 1 aromatic rings.